The lowest BCUT2D eigenvalue weighted by Crippen LogP contribution is -2.35. The highest BCUT2D eigenvalue weighted by atomic mass is 16.2. The van der Waals surface area contributed by atoms with Crippen molar-refractivity contribution in [1.29, 1.82) is 5.26 Å². The Kier molecular flexibility index (Phi) is 6.19. The predicted octanol–water partition coefficient (Wildman–Crippen LogP) is 5.64. The lowest BCUT2D eigenvalue weighted by atomic mass is 9.98. The fourth-order valence-electron chi connectivity index (χ4n) is 4.17. The van der Waals surface area contributed by atoms with Gasteiger partial charge in [0, 0.05) is 26.0 Å². The first-order valence-corrected chi connectivity index (χ1v) is 10.7. The molecule has 1 aromatic heterocycles. The number of hydrogen-bond donors (Lipinski definition) is 0. The zero-order valence-corrected chi connectivity index (χ0v) is 18.5. The molecule has 0 aliphatic heterocycles. The zero-order valence-electron chi connectivity index (χ0n) is 18.5. The van der Waals surface area contributed by atoms with Gasteiger partial charge in [-0.15, -0.1) is 0 Å². The van der Waals surface area contributed by atoms with E-state index in [0.29, 0.717) is 23.5 Å². The summed E-state index contributed by atoms with van der Waals surface area (Å²) in [4.78, 5) is 26.4. The molecule has 5 nitrogen and oxygen atoms in total. The van der Waals surface area contributed by atoms with E-state index >= 15 is 0 Å². The predicted molar refractivity (Wildman–Crippen MR) is 129 cm³/mol. The number of nitriles is 1. The summed E-state index contributed by atoms with van der Waals surface area (Å²) in [6.07, 6.45) is 0. The second-order valence-corrected chi connectivity index (χ2v) is 7.71. The summed E-state index contributed by atoms with van der Waals surface area (Å²) in [5, 5.41) is 10.3. The Morgan fingerprint density at radius 2 is 1.27 bits per heavy atom. The number of hydrogen-bond acceptors (Lipinski definition) is 3. The summed E-state index contributed by atoms with van der Waals surface area (Å²) in [6.45, 7) is 3.07. The summed E-state index contributed by atoms with van der Waals surface area (Å²) in [5.74, 6) is -0.589. The van der Waals surface area contributed by atoms with Gasteiger partial charge in [-0.05, 0) is 16.7 Å². The van der Waals surface area contributed by atoms with Gasteiger partial charge >= 0.3 is 0 Å². The van der Waals surface area contributed by atoms with Crippen LogP contribution in [-0.4, -0.2) is 16.4 Å². The number of benzene rings is 3. The Bertz CT molecular complexity index is 1320. The first-order chi connectivity index (χ1) is 16.0. The van der Waals surface area contributed by atoms with Gasteiger partial charge in [0.25, 0.3) is 0 Å². The van der Waals surface area contributed by atoms with Crippen molar-refractivity contribution < 1.29 is 9.59 Å². The Morgan fingerprint density at radius 1 is 0.788 bits per heavy atom. The van der Waals surface area contributed by atoms with Crippen molar-refractivity contribution in [3.8, 4) is 28.5 Å². The van der Waals surface area contributed by atoms with Crippen LogP contribution in [0.3, 0.4) is 0 Å². The maximum Gasteiger partial charge on any atom is 0.231 e. The monoisotopic (exact) mass is 433 g/mol. The molecule has 0 saturated heterocycles. The SMILES string of the molecule is CC(=O)N(C(C)=O)c1c(C#N)c(-c2ccccc2)c(-c2ccccc2)n1Cc1ccccc1. The number of rotatable bonds is 5. The van der Waals surface area contributed by atoms with E-state index in [0.717, 1.165) is 27.3 Å². The lowest BCUT2D eigenvalue weighted by Gasteiger charge is -2.22. The Balaban J connectivity index is 2.15. The van der Waals surface area contributed by atoms with Crippen molar-refractivity contribution in [3.05, 3.63) is 102 Å². The van der Waals surface area contributed by atoms with Gasteiger partial charge in [0.05, 0.1) is 5.69 Å². The Morgan fingerprint density at radius 3 is 1.76 bits per heavy atom. The zero-order chi connectivity index (χ0) is 23.4. The normalized spacial score (nSPS) is 10.5. The molecule has 4 aromatic rings. The largest absolute Gasteiger partial charge is 0.321 e. The summed E-state index contributed by atoms with van der Waals surface area (Å²) >= 11 is 0. The van der Waals surface area contributed by atoms with Crippen LogP contribution in [0.2, 0.25) is 0 Å². The molecule has 33 heavy (non-hydrogen) atoms. The van der Waals surface area contributed by atoms with E-state index in [1.807, 2.05) is 95.6 Å². The van der Waals surface area contributed by atoms with Gasteiger partial charge in [-0.1, -0.05) is 91.0 Å². The highest BCUT2D eigenvalue weighted by molar-refractivity contribution is 6.14. The third-order valence-corrected chi connectivity index (χ3v) is 5.48. The number of nitrogens with zero attached hydrogens (tertiary/aromatic N) is 3. The summed E-state index contributed by atoms with van der Waals surface area (Å²) < 4.78 is 1.91. The number of aromatic nitrogens is 1. The van der Waals surface area contributed by atoms with Crippen LogP contribution in [0.1, 0.15) is 25.0 Å². The van der Waals surface area contributed by atoms with Crippen LogP contribution < -0.4 is 4.90 Å². The maximum absolute atomic E-state index is 12.6. The number of carbonyl (C=O) groups excluding carboxylic acids is 2. The molecule has 0 bridgehead atoms. The van der Waals surface area contributed by atoms with Crippen molar-refractivity contribution in [1.82, 2.24) is 4.57 Å². The molecule has 0 fully saturated rings. The molecule has 0 spiro atoms. The molecule has 0 aliphatic rings. The number of carbonyl (C=O) groups is 2. The molecule has 0 radical (unpaired) electrons. The van der Waals surface area contributed by atoms with Crippen molar-refractivity contribution in [2.24, 2.45) is 0 Å². The molecule has 162 valence electrons. The van der Waals surface area contributed by atoms with E-state index in [1.165, 1.54) is 13.8 Å². The first-order valence-electron chi connectivity index (χ1n) is 10.7. The van der Waals surface area contributed by atoms with E-state index in [2.05, 4.69) is 6.07 Å². The molecule has 2 amide bonds. The van der Waals surface area contributed by atoms with Crippen LogP contribution in [0, 0.1) is 11.3 Å². The van der Waals surface area contributed by atoms with Crippen LogP contribution in [0.25, 0.3) is 22.4 Å². The quantitative estimate of drug-likeness (QED) is 0.409. The minimum atomic E-state index is -0.440. The van der Waals surface area contributed by atoms with Crippen molar-refractivity contribution in [2.75, 3.05) is 4.90 Å². The summed E-state index contributed by atoms with van der Waals surface area (Å²) in [6, 6.07) is 31.4. The highest BCUT2D eigenvalue weighted by Crippen LogP contribution is 2.43. The standard InChI is InChI=1S/C28H23N3O2/c1-20(32)31(21(2)33)28-25(18-29)26(23-14-8-4-9-15-23)27(24-16-10-5-11-17-24)30(28)19-22-12-6-3-7-13-22/h3-17H,19H2,1-2H3. The van der Waals surface area contributed by atoms with Crippen LogP contribution in [0.5, 0.6) is 0 Å². The third-order valence-electron chi connectivity index (χ3n) is 5.48. The van der Waals surface area contributed by atoms with Gasteiger partial charge in [-0.3, -0.25) is 9.59 Å². The number of anilines is 1. The lowest BCUT2D eigenvalue weighted by molar-refractivity contribution is -0.124. The average molecular weight is 434 g/mol. The molecule has 0 N–H and O–H groups in total. The van der Waals surface area contributed by atoms with E-state index < -0.39 is 11.8 Å². The third kappa shape index (κ3) is 4.19. The molecule has 0 saturated carbocycles. The van der Waals surface area contributed by atoms with Crippen LogP contribution in [0.4, 0.5) is 5.82 Å². The van der Waals surface area contributed by atoms with Crippen molar-refractivity contribution >= 4 is 17.6 Å². The van der Waals surface area contributed by atoms with Crippen molar-refractivity contribution in [2.45, 2.75) is 20.4 Å². The molecule has 4 rings (SSSR count). The molecular weight excluding hydrogens is 410 g/mol. The molecular formula is C28H23N3O2. The Hall–Kier alpha value is -4.43. The Labute approximate surface area is 193 Å². The van der Waals surface area contributed by atoms with E-state index in [1.54, 1.807) is 0 Å². The van der Waals surface area contributed by atoms with E-state index in [4.69, 9.17) is 0 Å². The van der Waals surface area contributed by atoms with Crippen LogP contribution >= 0.6 is 0 Å². The number of amides is 2. The van der Waals surface area contributed by atoms with Gasteiger partial charge in [0.2, 0.25) is 11.8 Å². The smallest absolute Gasteiger partial charge is 0.231 e. The first kappa shape index (κ1) is 21.8. The van der Waals surface area contributed by atoms with Crippen molar-refractivity contribution in [3.63, 3.8) is 0 Å². The molecule has 0 unspecified atom stereocenters. The topological polar surface area (TPSA) is 66.1 Å². The average Bonchev–Trinajstić information content (AvgIpc) is 3.14. The fraction of sp³-hybridized carbons (Fsp3) is 0.107. The second kappa shape index (κ2) is 9.37. The maximum atomic E-state index is 12.6. The summed E-state index contributed by atoms with van der Waals surface area (Å²) in [7, 11) is 0. The van der Waals surface area contributed by atoms with Gasteiger partial charge in [0.1, 0.15) is 17.5 Å². The fourth-order valence-corrected chi connectivity index (χ4v) is 4.17. The van der Waals surface area contributed by atoms with E-state index in [9.17, 15) is 14.9 Å². The van der Waals surface area contributed by atoms with Gasteiger partial charge in [0.15, 0.2) is 0 Å². The molecule has 3 aromatic carbocycles. The van der Waals surface area contributed by atoms with Crippen LogP contribution in [-0.2, 0) is 16.1 Å². The molecule has 5 heteroatoms. The minimum absolute atomic E-state index is 0.291. The van der Waals surface area contributed by atoms with Gasteiger partial charge in [-0.25, -0.2) is 4.90 Å². The van der Waals surface area contributed by atoms with Crippen LogP contribution in [0.15, 0.2) is 91.0 Å². The molecule has 1 heterocycles. The molecule has 0 aliphatic carbocycles. The summed E-state index contributed by atoms with van der Waals surface area (Å²) in [5.41, 5.74) is 4.49. The highest BCUT2D eigenvalue weighted by Gasteiger charge is 2.31. The minimum Gasteiger partial charge on any atom is -0.321 e. The molecule has 0 atom stereocenters. The van der Waals surface area contributed by atoms with Gasteiger partial charge in [-0.2, -0.15) is 5.26 Å². The second-order valence-electron chi connectivity index (χ2n) is 7.71. The van der Waals surface area contributed by atoms with Gasteiger partial charge < -0.3 is 4.57 Å². The number of imide groups is 1. The van der Waals surface area contributed by atoms with E-state index in [-0.39, 0.29) is 0 Å².